The Bertz CT molecular complexity index is 512. The summed E-state index contributed by atoms with van der Waals surface area (Å²) in [4.78, 5) is 4.06. The first-order chi connectivity index (χ1) is 7.74. The fraction of sp³-hybridized carbons (Fsp3) is 0.154. The topological polar surface area (TPSA) is 17.3 Å². The molecule has 0 aliphatic rings. The fourth-order valence-electron chi connectivity index (χ4n) is 1.73. The van der Waals surface area contributed by atoms with Crippen LogP contribution in [0.5, 0.6) is 0 Å². The SMILES string of the molecule is CN=Cc1cc(-c2ccccc2)n(C)c1[Se]. The third kappa shape index (κ3) is 1.97. The summed E-state index contributed by atoms with van der Waals surface area (Å²) >= 11 is 3.09. The Labute approximate surface area is 104 Å². The molecular formula is C13H13N2Se. The Balaban J connectivity index is 2.55. The molecule has 2 nitrogen and oxygen atoms in total. The Kier molecular flexibility index (Phi) is 3.28. The number of hydrogen-bond acceptors (Lipinski definition) is 1. The first-order valence-electron chi connectivity index (χ1n) is 5.08. The second-order valence-electron chi connectivity index (χ2n) is 3.60. The van der Waals surface area contributed by atoms with Gasteiger partial charge in [-0.2, -0.15) is 0 Å². The van der Waals surface area contributed by atoms with Crippen molar-refractivity contribution in [1.82, 2.24) is 4.57 Å². The van der Waals surface area contributed by atoms with E-state index in [2.05, 4.69) is 63.0 Å². The average Bonchev–Trinajstić information content (AvgIpc) is 2.59. The third-order valence-corrected chi connectivity index (χ3v) is 3.61. The number of nitrogens with zero attached hydrogens (tertiary/aromatic N) is 2. The van der Waals surface area contributed by atoms with Gasteiger partial charge in [0.25, 0.3) is 0 Å². The van der Waals surface area contributed by atoms with Gasteiger partial charge < -0.3 is 0 Å². The van der Waals surface area contributed by atoms with Gasteiger partial charge in [-0.05, 0) is 0 Å². The van der Waals surface area contributed by atoms with E-state index in [1.54, 1.807) is 7.05 Å². The molecule has 0 unspecified atom stereocenters. The molecule has 0 amide bonds. The van der Waals surface area contributed by atoms with Gasteiger partial charge in [0.15, 0.2) is 0 Å². The summed E-state index contributed by atoms with van der Waals surface area (Å²) in [6.45, 7) is 0. The van der Waals surface area contributed by atoms with Crippen molar-refractivity contribution in [3.05, 3.63) is 42.0 Å². The molecule has 0 saturated carbocycles. The number of benzene rings is 1. The zero-order valence-corrected chi connectivity index (χ0v) is 11.1. The molecule has 0 aliphatic carbocycles. The van der Waals surface area contributed by atoms with E-state index in [0.717, 1.165) is 10.2 Å². The van der Waals surface area contributed by atoms with Gasteiger partial charge in [0.05, 0.1) is 0 Å². The molecule has 16 heavy (non-hydrogen) atoms. The van der Waals surface area contributed by atoms with E-state index in [4.69, 9.17) is 0 Å². The molecule has 0 bridgehead atoms. The van der Waals surface area contributed by atoms with Gasteiger partial charge in [0, 0.05) is 0 Å². The molecule has 1 heterocycles. The van der Waals surface area contributed by atoms with E-state index >= 15 is 0 Å². The van der Waals surface area contributed by atoms with Gasteiger partial charge in [-0.15, -0.1) is 0 Å². The first-order valence-corrected chi connectivity index (χ1v) is 5.94. The molecule has 1 aromatic heterocycles. The summed E-state index contributed by atoms with van der Waals surface area (Å²) in [6.07, 6.45) is 1.87. The molecule has 2 rings (SSSR count). The van der Waals surface area contributed by atoms with E-state index in [9.17, 15) is 0 Å². The second kappa shape index (κ2) is 4.69. The molecule has 0 atom stereocenters. The van der Waals surface area contributed by atoms with Gasteiger partial charge >= 0.3 is 104 Å². The standard InChI is InChI=1S/C13H13N2Se/c1-14-9-11-8-12(15(2)13(11)16)10-6-4-3-5-7-10/h3-9H,1-2H3. The van der Waals surface area contributed by atoms with Crippen LogP contribution >= 0.6 is 0 Å². The van der Waals surface area contributed by atoms with Crippen LogP contribution in [0, 0.1) is 0 Å². The number of rotatable bonds is 2. The van der Waals surface area contributed by atoms with Gasteiger partial charge in [-0.3, -0.25) is 0 Å². The van der Waals surface area contributed by atoms with Crippen molar-refractivity contribution in [3.63, 3.8) is 0 Å². The summed E-state index contributed by atoms with van der Waals surface area (Å²) in [5.74, 6) is 0. The normalized spacial score (nSPS) is 11.1. The predicted octanol–water partition coefficient (Wildman–Crippen LogP) is 1.53. The monoisotopic (exact) mass is 277 g/mol. The van der Waals surface area contributed by atoms with Crippen LogP contribution in [0.2, 0.25) is 0 Å². The molecule has 2 aromatic rings. The quantitative estimate of drug-likeness (QED) is 0.585. The summed E-state index contributed by atoms with van der Waals surface area (Å²) < 4.78 is 3.26. The fourth-order valence-corrected chi connectivity index (χ4v) is 2.17. The van der Waals surface area contributed by atoms with Crippen LogP contribution < -0.4 is 4.59 Å². The van der Waals surface area contributed by atoms with Crippen molar-refractivity contribution in [3.8, 4) is 11.3 Å². The van der Waals surface area contributed by atoms with E-state index in [1.807, 2.05) is 12.3 Å². The maximum atomic E-state index is 4.06. The summed E-state index contributed by atoms with van der Waals surface area (Å²) in [7, 11) is 3.84. The summed E-state index contributed by atoms with van der Waals surface area (Å²) in [6, 6.07) is 12.5. The number of hydrogen-bond donors (Lipinski definition) is 0. The molecule has 1 radical (unpaired) electrons. The minimum atomic E-state index is 1.12. The van der Waals surface area contributed by atoms with Crippen LogP contribution in [0.15, 0.2) is 41.4 Å². The van der Waals surface area contributed by atoms with Crippen molar-refractivity contribution >= 4 is 26.8 Å². The van der Waals surface area contributed by atoms with Crippen molar-refractivity contribution in [2.45, 2.75) is 0 Å². The van der Waals surface area contributed by atoms with Crippen molar-refractivity contribution in [2.24, 2.45) is 12.0 Å². The molecule has 0 saturated heterocycles. The molecular weight excluding hydrogens is 263 g/mol. The van der Waals surface area contributed by atoms with Crippen LogP contribution in [0.25, 0.3) is 11.3 Å². The Morgan fingerprint density at radius 2 is 1.94 bits per heavy atom. The molecule has 0 spiro atoms. The van der Waals surface area contributed by atoms with Crippen LogP contribution in [0.4, 0.5) is 0 Å². The van der Waals surface area contributed by atoms with Crippen molar-refractivity contribution < 1.29 is 0 Å². The Morgan fingerprint density at radius 3 is 2.56 bits per heavy atom. The Morgan fingerprint density at radius 1 is 1.25 bits per heavy atom. The molecule has 81 valence electrons. The van der Waals surface area contributed by atoms with Gasteiger partial charge in [-0.1, -0.05) is 0 Å². The van der Waals surface area contributed by atoms with Gasteiger partial charge in [-0.25, -0.2) is 0 Å². The zero-order chi connectivity index (χ0) is 11.5. The molecule has 0 aliphatic heterocycles. The number of aliphatic imine (C=N–C) groups is 1. The van der Waals surface area contributed by atoms with E-state index in [0.29, 0.717) is 0 Å². The van der Waals surface area contributed by atoms with E-state index in [-0.39, 0.29) is 0 Å². The predicted molar refractivity (Wildman–Crippen MR) is 69.8 cm³/mol. The maximum absolute atomic E-state index is 4.06. The minimum absolute atomic E-state index is 1.12. The Hall–Kier alpha value is -1.31. The van der Waals surface area contributed by atoms with Gasteiger partial charge in [0.2, 0.25) is 0 Å². The zero-order valence-electron chi connectivity index (χ0n) is 9.34. The van der Waals surface area contributed by atoms with E-state index < -0.39 is 0 Å². The first kappa shape index (κ1) is 11.2. The van der Waals surface area contributed by atoms with Crippen molar-refractivity contribution in [2.75, 3.05) is 7.05 Å². The van der Waals surface area contributed by atoms with Crippen LogP contribution in [0.1, 0.15) is 5.56 Å². The van der Waals surface area contributed by atoms with Crippen LogP contribution in [-0.2, 0) is 7.05 Å². The molecule has 0 fully saturated rings. The summed E-state index contributed by atoms with van der Waals surface area (Å²) in [5.41, 5.74) is 3.55. The number of aromatic nitrogens is 1. The average molecular weight is 276 g/mol. The van der Waals surface area contributed by atoms with Crippen LogP contribution in [0.3, 0.4) is 0 Å². The van der Waals surface area contributed by atoms with Crippen LogP contribution in [-0.4, -0.2) is 33.8 Å². The third-order valence-electron chi connectivity index (χ3n) is 2.54. The molecule has 0 N–H and O–H groups in total. The molecule has 1 aromatic carbocycles. The van der Waals surface area contributed by atoms with Crippen molar-refractivity contribution in [1.29, 1.82) is 0 Å². The van der Waals surface area contributed by atoms with Gasteiger partial charge in [0.1, 0.15) is 0 Å². The second-order valence-corrected chi connectivity index (χ2v) is 4.41. The molecule has 3 heteroatoms. The summed E-state index contributed by atoms with van der Waals surface area (Å²) in [5, 5.41) is 0. The van der Waals surface area contributed by atoms with E-state index in [1.165, 1.54) is 11.3 Å².